The first-order valence-electron chi connectivity index (χ1n) is 12.1. The van der Waals surface area contributed by atoms with E-state index in [1.54, 1.807) is 0 Å². The van der Waals surface area contributed by atoms with Gasteiger partial charge in [0.25, 0.3) is 0 Å². The molecule has 2 atom stereocenters. The number of aromatic amines is 1. The topological polar surface area (TPSA) is 98.8 Å². The number of H-pyrrole nitrogens is 1. The van der Waals surface area contributed by atoms with Crippen molar-refractivity contribution in [3.05, 3.63) is 59.4 Å². The Kier molecular flexibility index (Phi) is 7.14. The summed E-state index contributed by atoms with van der Waals surface area (Å²) >= 11 is 0. The molecule has 2 amide bonds. The van der Waals surface area contributed by atoms with Crippen LogP contribution in [0, 0.1) is 18.8 Å². The summed E-state index contributed by atoms with van der Waals surface area (Å²) in [7, 11) is 0. The Hall–Kier alpha value is -3.42. The molecule has 0 spiro atoms. The average molecular weight is 462 g/mol. The fraction of sp³-hybridized carbons (Fsp3) is 0.462. The van der Waals surface area contributed by atoms with Crippen molar-refractivity contribution < 1.29 is 4.79 Å². The Morgan fingerprint density at radius 2 is 1.74 bits per heavy atom. The summed E-state index contributed by atoms with van der Waals surface area (Å²) in [5.74, 6) is 2.45. The molecule has 1 fully saturated rings. The van der Waals surface area contributed by atoms with Gasteiger partial charge in [-0.25, -0.2) is 9.89 Å². The third-order valence-corrected chi connectivity index (χ3v) is 6.02. The van der Waals surface area contributed by atoms with Crippen LogP contribution in [0.3, 0.4) is 0 Å². The molecule has 2 aromatic carbocycles. The molecule has 3 aromatic rings. The normalized spacial score (nSPS) is 17.1. The number of hydrogen-bond donors (Lipinski definition) is 3. The van der Waals surface area contributed by atoms with E-state index in [9.17, 15) is 4.79 Å². The maximum absolute atomic E-state index is 13.0. The van der Waals surface area contributed by atoms with Crippen LogP contribution in [0.25, 0.3) is 0 Å². The fourth-order valence-corrected chi connectivity index (χ4v) is 4.42. The third kappa shape index (κ3) is 5.92. The molecule has 1 saturated carbocycles. The van der Waals surface area contributed by atoms with Crippen LogP contribution in [0.4, 0.5) is 21.9 Å². The third-order valence-electron chi connectivity index (χ3n) is 6.02. The number of urea groups is 1. The lowest BCUT2D eigenvalue weighted by atomic mass is 10.0. The standard InChI is InChI=1S/C26H35N7O/c1-16(2)14-33(15-17(3)4)24-11-8-19(21-13-22(21)25-29-31-32-30-25)12-23(24)28-26(34)27-20-9-6-18(5)7-10-20/h6-12,16-17,21-22H,13-15H2,1-5H3,(H2,27,28,34)(H,29,30,31,32)/t21?,22-/m1/s1. The van der Waals surface area contributed by atoms with Crippen molar-refractivity contribution in [3.8, 4) is 0 Å². The molecule has 0 aliphatic heterocycles. The van der Waals surface area contributed by atoms with Gasteiger partial charge in [-0.15, -0.1) is 5.10 Å². The minimum absolute atomic E-state index is 0.247. The van der Waals surface area contributed by atoms with E-state index < -0.39 is 0 Å². The summed E-state index contributed by atoms with van der Waals surface area (Å²) in [6, 6.07) is 14.0. The number of nitrogens with one attached hydrogen (secondary N) is 3. The van der Waals surface area contributed by atoms with Gasteiger partial charge in [-0.1, -0.05) is 51.5 Å². The quantitative estimate of drug-likeness (QED) is 0.388. The summed E-state index contributed by atoms with van der Waals surface area (Å²) < 4.78 is 0. The van der Waals surface area contributed by atoms with Gasteiger partial charge in [-0.2, -0.15) is 0 Å². The summed E-state index contributed by atoms with van der Waals surface area (Å²) in [4.78, 5) is 15.3. The van der Waals surface area contributed by atoms with Gasteiger partial charge in [-0.3, -0.25) is 0 Å². The molecule has 0 radical (unpaired) electrons. The van der Waals surface area contributed by atoms with Crippen molar-refractivity contribution in [2.24, 2.45) is 11.8 Å². The monoisotopic (exact) mass is 461 g/mol. The summed E-state index contributed by atoms with van der Waals surface area (Å²) in [5.41, 5.74) is 4.97. The molecule has 0 bridgehead atoms. The number of aryl methyl sites for hydroxylation is 1. The molecular weight excluding hydrogens is 426 g/mol. The minimum atomic E-state index is -0.247. The zero-order valence-corrected chi connectivity index (χ0v) is 20.7. The summed E-state index contributed by atoms with van der Waals surface area (Å²) in [6.07, 6.45) is 0.993. The van der Waals surface area contributed by atoms with Crippen molar-refractivity contribution >= 4 is 23.1 Å². The lowest BCUT2D eigenvalue weighted by Gasteiger charge is -2.30. The van der Waals surface area contributed by atoms with Gasteiger partial charge in [-0.05, 0) is 71.4 Å². The van der Waals surface area contributed by atoms with Gasteiger partial charge in [0.1, 0.15) is 0 Å². The van der Waals surface area contributed by atoms with E-state index in [1.165, 1.54) is 5.56 Å². The Morgan fingerprint density at radius 1 is 1.03 bits per heavy atom. The lowest BCUT2D eigenvalue weighted by molar-refractivity contribution is 0.262. The van der Waals surface area contributed by atoms with Gasteiger partial charge in [0.15, 0.2) is 5.82 Å². The van der Waals surface area contributed by atoms with Crippen molar-refractivity contribution in [1.82, 2.24) is 20.6 Å². The predicted molar refractivity (Wildman–Crippen MR) is 136 cm³/mol. The second kappa shape index (κ2) is 10.2. The van der Waals surface area contributed by atoms with Crippen molar-refractivity contribution in [2.45, 2.75) is 52.9 Å². The minimum Gasteiger partial charge on any atom is -0.369 e. The Bertz CT molecular complexity index is 1080. The predicted octanol–water partition coefficient (Wildman–Crippen LogP) is 5.54. The first kappa shape index (κ1) is 23.7. The van der Waals surface area contributed by atoms with Crippen molar-refractivity contribution in [3.63, 3.8) is 0 Å². The molecule has 8 nitrogen and oxygen atoms in total. The highest BCUT2D eigenvalue weighted by Gasteiger charge is 2.42. The number of anilines is 3. The molecular formula is C26H35N7O. The van der Waals surface area contributed by atoms with E-state index in [-0.39, 0.29) is 11.9 Å². The lowest BCUT2D eigenvalue weighted by Crippen LogP contribution is -2.32. The number of amides is 2. The highest BCUT2D eigenvalue weighted by Crippen LogP contribution is 2.54. The number of aromatic nitrogens is 4. The molecule has 1 unspecified atom stereocenters. The molecule has 8 heteroatoms. The molecule has 0 saturated heterocycles. The van der Waals surface area contributed by atoms with Crippen LogP contribution in [0.15, 0.2) is 42.5 Å². The molecule has 3 N–H and O–H groups in total. The number of benzene rings is 2. The number of tetrazole rings is 1. The highest BCUT2D eigenvalue weighted by molar-refractivity contribution is 6.02. The Labute approximate surface area is 201 Å². The van der Waals surface area contributed by atoms with E-state index >= 15 is 0 Å². The Balaban J connectivity index is 1.60. The van der Waals surface area contributed by atoms with E-state index in [0.717, 1.165) is 48.0 Å². The largest absolute Gasteiger partial charge is 0.369 e. The number of rotatable bonds is 9. The highest BCUT2D eigenvalue weighted by atomic mass is 16.2. The van der Waals surface area contributed by atoms with Crippen LogP contribution in [0.1, 0.15) is 62.9 Å². The Morgan fingerprint density at radius 3 is 2.35 bits per heavy atom. The van der Waals surface area contributed by atoms with Crippen LogP contribution in [-0.2, 0) is 0 Å². The van der Waals surface area contributed by atoms with Crippen LogP contribution >= 0.6 is 0 Å². The fourth-order valence-electron chi connectivity index (χ4n) is 4.42. The van der Waals surface area contributed by atoms with E-state index in [0.29, 0.717) is 17.8 Å². The van der Waals surface area contributed by atoms with Gasteiger partial charge < -0.3 is 15.5 Å². The molecule has 34 heavy (non-hydrogen) atoms. The smallest absolute Gasteiger partial charge is 0.323 e. The van der Waals surface area contributed by atoms with Crippen LogP contribution < -0.4 is 15.5 Å². The number of nitrogens with zero attached hydrogens (tertiary/aromatic N) is 4. The molecule has 1 aromatic heterocycles. The van der Waals surface area contributed by atoms with Crippen LogP contribution in [0.5, 0.6) is 0 Å². The van der Waals surface area contributed by atoms with Crippen molar-refractivity contribution in [2.75, 3.05) is 28.6 Å². The first-order valence-corrected chi connectivity index (χ1v) is 12.1. The number of carbonyl (C=O) groups excluding carboxylic acids is 1. The zero-order chi connectivity index (χ0) is 24.2. The summed E-state index contributed by atoms with van der Waals surface area (Å²) in [6.45, 7) is 12.7. The second-order valence-corrected chi connectivity index (χ2v) is 10.1. The molecule has 1 heterocycles. The van der Waals surface area contributed by atoms with Gasteiger partial charge >= 0.3 is 6.03 Å². The molecule has 4 rings (SSSR count). The molecule has 1 aliphatic carbocycles. The van der Waals surface area contributed by atoms with E-state index in [2.05, 4.69) is 82.1 Å². The molecule has 180 valence electrons. The van der Waals surface area contributed by atoms with Crippen LogP contribution in [-0.4, -0.2) is 39.7 Å². The zero-order valence-electron chi connectivity index (χ0n) is 20.7. The number of carbonyl (C=O) groups is 1. The van der Waals surface area contributed by atoms with Gasteiger partial charge in [0, 0.05) is 24.7 Å². The maximum atomic E-state index is 13.0. The van der Waals surface area contributed by atoms with E-state index in [4.69, 9.17) is 0 Å². The second-order valence-electron chi connectivity index (χ2n) is 10.1. The van der Waals surface area contributed by atoms with Crippen molar-refractivity contribution in [1.29, 1.82) is 0 Å². The average Bonchev–Trinajstić information content (AvgIpc) is 3.38. The molecule has 1 aliphatic rings. The SMILES string of the molecule is Cc1ccc(NC(=O)Nc2cc(C3C[C@H]3c3nnn[nH]3)ccc2N(CC(C)C)CC(C)C)cc1. The van der Waals surface area contributed by atoms with Crippen LogP contribution in [0.2, 0.25) is 0 Å². The maximum Gasteiger partial charge on any atom is 0.323 e. The van der Waals surface area contributed by atoms with Gasteiger partial charge in [0.05, 0.1) is 11.4 Å². The van der Waals surface area contributed by atoms with E-state index in [1.807, 2.05) is 31.2 Å². The first-order chi connectivity index (χ1) is 16.3. The number of hydrogen-bond acceptors (Lipinski definition) is 5. The van der Waals surface area contributed by atoms with Gasteiger partial charge in [0.2, 0.25) is 0 Å². The summed E-state index contributed by atoms with van der Waals surface area (Å²) in [5, 5.41) is 20.5.